The number of esters is 2. The summed E-state index contributed by atoms with van der Waals surface area (Å²) in [6, 6.07) is 0. The molecular weight excluding hydrogens is 384 g/mol. The molecule has 0 amide bonds. The number of aliphatic hydroxyl groups excluding tert-OH is 1. The zero-order valence-electron chi connectivity index (χ0n) is 19.1. The normalized spacial score (nSPS) is 50.1. The Morgan fingerprint density at radius 2 is 1.63 bits per heavy atom. The van der Waals surface area contributed by atoms with E-state index in [0.717, 1.165) is 38.5 Å². The predicted molar refractivity (Wildman–Crippen MR) is 110 cm³/mol. The molecule has 0 saturated heterocycles. The Morgan fingerprint density at radius 1 is 0.933 bits per heavy atom. The van der Waals surface area contributed by atoms with E-state index in [1.54, 1.807) is 7.11 Å². The summed E-state index contributed by atoms with van der Waals surface area (Å²) in [5.41, 5.74) is -0.860. The van der Waals surface area contributed by atoms with Crippen LogP contribution in [-0.4, -0.2) is 48.1 Å². The second kappa shape index (κ2) is 7.47. The Bertz CT molecular complexity index is 708. The molecule has 0 bridgehead atoms. The lowest BCUT2D eigenvalue weighted by molar-refractivity contribution is -0.277. The van der Waals surface area contributed by atoms with Gasteiger partial charge in [0.25, 0.3) is 0 Å². The van der Waals surface area contributed by atoms with Gasteiger partial charge >= 0.3 is 11.9 Å². The molecule has 0 radical (unpaired) electrons. The fraction of sp³-hybridized carbons (Fsp3) is 0.917. The summed E-state index contributed by atoms with van der Waals surface area (Å²) in [5.74, 6) is 0.843. The van der Waals surface area contributed by atoms with Gasteiger partial charge in [-0.2, -0.15) is 0 Å². The van der Waals surface area contributed by atoms with Crippen LogP contribution in [0.2, 0.25) is 0 Å². The standard InChI is InChI=1S/C24H38O6/c1-14(25)29-16-8-11-23(4)19-9-10-22(3)18(6-7-21(22)30-15(2)26)17(19)12-20(27)24(23,13-16)28-5/h16-21,27H,6-13H2,1-5H3/t16?,17-,18-,19-,20?,21?,22-,23+,24-/m0/s1. The molecule has 0 aromatic carbocycles. The average molecular weight is 423 g/mol. The van der Waals surface area contributed by atoms with Crippen LogP contribution in [0.1, 0.15) is 79.1 Å². The quantitative estimate of drug-likeness (QED) is 0.700. The van der Waals surface area contributed by atoms with Gasteiger partial charge in [-0.3, -0.25) is 9.59 Å². The van der Waals surface area contributed by atoms with Crippen molar-refractivity contribution in [3.8, 4) is 0 Å². The van der Waals surface area contributed by atoms with Gasteiger partial charge in [0.1, 0.15) is 17.8 Å². The van der Waals surface area contributed by atoms with Gasteiger partial charge in [0.2, 0.25) is 0 Å². The van der Waals surface area contributed by atoms with E-state index < -0.39 is 11.7 Å². The maximum atomic E-state index is 11.7. The lowest BCUT2D eigenvalue weighted by Crippen LogP contribution is -2.69. The van der Waals surface area contributed by atoms with Gasteiger partial charge in [-0.05, 0) is 62.7 Å². The first-order chi connectivity index (χ1) is 14.1. The number of methoxy groups -OCH3 is 1. The van der Waals surface area contributed by atoms with Crippen LogP contribution in [0.15, 0.2) is 0 Å². The molecule has 6 heteroatoms. The Hall–Kier alpha value is -1.14. The zero-order valence-corrected chi connectivity index (χ0v) is 19.1. The number of carbonyl (C=O) groups is 2. The zero-order chi connectivity index (χ0) is 21.9. The van der Waals surface area contributed by atoms with Crippen molar-refractivity contribution in [3.63, 3.8) is 0 Å². The highest BCUT2D eigenvalue weighted by Crippen LogP contribution is 2.68. The molecule has 0 aliphatic heterocycles. The highest BCUT2D eigenvalue weighted by molar-refractivity contribution is 5.66. The number of rotatable bonds is 3. The van der Waals surface area contributed by atoms with Gasteiger partial charge in [-0.1, -0.05) is 13.8 Å². The van der Waals surface area contributed by atoms with Crippen molar-refractivity contribution in [3.05, 3.63) is 0 Å². The molecular formula is C24H38O6. The lowest BCUT2D eigenvalue weighted by Gasteiger charge is -2.66. The molecule has 170 valence electrons. The van der Waals surface area contributed by atoms with Crippen molar-refractivity contribution in [2.24, 2.45) is 28.6 Å². The molecule has 4 fully saturated rings. The summed E-state index contributed by atoms with van der Waals surface area (Å²) in [6.45, 7) is 7.53. The number of carbonyl (C=O) groups excluding carboxylic acids is 2. The highest BCUT2D eigenvalue weighted by atomic mass is 16.6. The molecule has 4 saturated carbocycles. The number of hydrogen-bond donors (Lipinski definition) is 1. The lowest BCUT2D eigenvalue weighted by atomic mass is 9.42. The summed E-state index contributed by atoms with van der Waals surface area (Å²) in [4.78, 5) is 23.2. The molecule has 3 unspecified atom stereocenters. The molecule has 0 heterocycles. The second-order valence-corrected chi connectivity index (χ2v) is 10.8. The summed E-state index contributed by atoms with van der Waals surface area (Å²) in [7, 11) is 1.71. The number of fused-ring (bicyclic) bond motifs is 5. The van der Waals surface area contributed by atoms with Crippen molar-refractivity contribution in [2.45, 2.75) is 103 Å². The van der Waals surface area contributed by atoms with Crippen molar-refractivity contribution in [2.75, 3.05) is 7.11 Å². The second-order valence-electron chi connectivity index (χ2n) is 10.8. The fourth-order valence-electron chi connectivity index (χ4n) is 8.35. The van der Waals surface area contributed by atoms with Crippen LogP contribution in [0.4, 0.5) is 0 Å². The molecule has 30 heavy (non-hydrogen) atoms. The third kappa shape index (κ3) is 3.04. The molecule has 4 aliphatic rings. The minimum atomic E-state index is -0.686. The Labute approximate surface area is 180 Å². The van der Waals surface area contributed by atoms with Crippen molar-refractivity contribution in [1.82, 2.24) is 0 Å². The van der Waals surface area contributed by atoms with Crippen molar-refractivity contribution in [1.29, 1.82) is 0 Å². The smallest absolute Gasteiger partial charge is 0.302 e. The van der Waals surface area contributed by atoms with Crippen LogP contribution in [-0.2, 0) is 23.8 Å². The Morgan fingerprint density at radius 3 is 2.27 bits per heavy atom. The highest BCUT2D eigenvalue weighted by Gasteiger charge is 2.68. The van der Waals surface area contributed by atoms with Gasteiger partial charge in [0.15, 0.2) is 0 Å². The molecule has 0 spiro atoms. The summed E-state index contributed by atoms with van der Waals surface area (Å²) >= 11 is 0. The van der Waals surface area contributed by atoms with Crippen LogP contribution in [0, 0.1) is 28.6 Å². The van der Waals surface area contributed by atoms with E-state index in [0.29, 0.717) is 30.6 Å². The van der Waals surface area contributed by atoms with E-state index in [4.69, 9.17) is 14.2 Å². The van der Waals surface area contributed by atoms with Gasteiger partial charge in [-0.15, -0.1) is 0 Å². The van der Waals surface area contributed by atoms with Gasteiger partial charge in [0.05, 0.1) is 6.10 Å². The van der Waals surface area contributed by atoms with Crippen molar-refractivity contribution >= 4 is 11.9 Å². The molecule has 4 aliphatic carbocycles. The van der Waals surface area contributed by atoms with E-state index in [-0.39, 0.29) is 35.0 Å². The topological polar surface area (TPSA) is 82.1 Å². The molecule has 0 aromatic heterocycles. The summed E-state index contributed by atoms with van der Waals surface area (Å²) < 4.78 is 17.5. The van der Waals surface area contributed by atoms with E-state index in [2.05, 4.69) is 13.8 Å². The first-order valence-corrected chi connectivity index (χ1v) is 11.6. The summed E-state index contributed by atoms with van der Waals surface area (Å²) in [6.07, 6.45) is 6.21. The first-order valence-electron chi connectivity index (χ1n) is 11.6. The third-order valence-corrected chi connectivity index (χ3v) is 9.69. The third-order valence-electron chi connectivity index (χ3n) is 9.69. The maximum absolute atomic E-state index is 11.7. The van der Waals surface area contributed by atoms with E-state index in [9.17, 15) is 14.7 Å². The van der Waals surface area contributed by atoms with E-state index >= 15 is 0 Å². The van der Waals surface area contributed by atoms with Gasteiger partial charge in [0, 0.05) is 38.2 Å². The molecule has 1 N–H and O–H groups in total. The number of hydrogen-bond acceptors (Lipinski definition) is 6. The maximum Gasteiger partial charge on any atom is 0.302 e. The van der Waals surface area contributed by atoms with E-state index in [1.807, 2.05) is 0 Å². The number of aliphatic hydroxyl groups is 1. The van der Waals surface area contributed by atoms with Gasteiger partial charge < -0.3 is 19.3 Å². The average Bonchev–Trinajstić information content (AvgIpc) is 2.98. The van der Waals surface area contributed by atoms with Crippen molar-refractivity contribution < 1.29 is 28.9 Å². The predicted octanol–water partition coefficient (Wildman–Crippen LogP) is 3.63. The minimum absolute atomic E-state index is 0.00900. The fourth-order valence-corrected chi connectivity index (χ4v) is 8.35. The molecule has 9 atom stereocenters. The molecule has 0 aromatic rings. The van der Waals surface area contributed by atoms with Gasteiger partial charge in [-0.25, -0.2) is 0 Å². The monoisotopic (exact) mass is 422 g/mol. The molecule has 4 rings (SSSR count). The number of ether oxygens (including phenoxy) is 3. The molecule has 6 nitrogen and oxygen atoms in total. The largest absolute Gasteiger partial charge is 0.462 e. The summed E-state index contributed by atoms with van der Waals surface area (Å²) in [5, 5.41) is 11.5. The SMILES string of the molecule is CO[C@]12CC(OC(C)=O)CC[C@]1(C)[C@H]1CC[C@]3(C)C(OC(C)=O)CC[C@H]3[C@@H]1CC2O. The Kier molecular flexibility index (Phi) is 5.50. The van der Waals surface area contributed by atoms with Crippen LogP contribution < -0.4 is 0 Å². The Balaban J connectivity index is 1.63. The van der Waals surface area contributed by atoms with Crippen LogP contribution >= 0.6 is 0 Å². The van der Waals surface area contributed by atoms with Crippen LogP contribution in [0.5, 0.6) is 0 Å². The van der Waals surface area contributed by atoms with Crippen LogP contribution in [0.25, 0.3) is 0 Å². The minimum Gasteiger partial charge on any atom is -0.462 e. The first kappa shape index (κ1) is 22.1. The van der Waals surface area contributed by atoms with E-state index in [1.165, 1.54) is 13.8 Å². The van der Waals surface area contributed by atoms with Crippen LogP contribution in [0.3, 0.4) is 0 Å².